The van der Waals surface area contributed by atoms with Crippen molar-refractivity contribution in [2.24, 2.45) is 11.8 Å². The number of fused-ring (bicyclic) bond motifs is 1. The third-order valence-corrected chi connectivity index (χ3v) is 10.2. The second kappa shape index (κ2) is 10.2. The molecule has 5 heterocycles. The Kier molecular flexibility index (Phi) is 7.29. The molecule has 0 bridgehead atoms. The quantitative estimate of drug-likeness (QED) is 0.315. The zero-order valence-electron chi connectivity index (χ0n) is 21.6. The number of carbonyl (C=O) groups is 4. The molecule has 12 heteroatoms. The number of rotatable bonds is 7. The van der Waals surface area contributed by atoms with E-state index >= 15 is 0 Å². The number of amides is 3. The van der Waals surface area contributed by atoms with Crippen molar-refractivity contribution in [1.82, 2.24) is 25.3 Å². The standard InChI is InChI=1S/C25H37N5O6S/c1-12-19-18(13(2)31)24(34)30(19)20(25(35)36)21(12)37-15-9-16(26-10-15)23(33)29-8-6-14(11-29)27-22(32)17-5-4-7-28(17)3/h12-19,26,31H,4-11H2,1-3H3,(H,27,32)(H,35,36)/t12-,13-,14+,15+,16+,17+,18-,19-/m1/s1. The first-order valence-corrected chi connectivity index (χ1v) is 14.1. The van der Waals surface area contributed by atoms with Crippen LogP contribution in [0.5, 0.6) is 0 Å². The van der Waals surface area contributed by atoms with Gasteiger partial charge in [0.15, 0.2) is 0 Å². The third-order valence-electron chi connectivity index (χ3n) is 8.66. The SMILES string of the molecule is C[C@@H](O)[C@H]1C(=O)N2C(C(=O)O)=C(S[C@@H]3CN[C@H](C(=O)N4CC[C@H](NC(=O)[C@@H]5CCCN5C)C4)C3)[C@H](C)[C@H]12. The molecule has 0 aromatic carbocycles. The fourth-order valence-corrected chi connectivity index (χ4v) is 8.16. The van der Waals surface area contributed by atoms with Gasteiger partial charge in [0.05, 0.1) is 30.1 Å². The summed E-state index contributed by atoms with van der Waals surface area (Å²) in [4.78, 5) is 56.4. The Hall–Kier alpha value is -2.15. The van der Waals surface area contributed by atoms with Crippen LogP contribution in [0.15, 0.2) is 10.6 Å². The normalized spacial score (nSPS) is 36.6. The third kappa shape index (κ3) is 4.66. The maximum absolute atomic E-state index is 13.2. The summed E-state index contributed by atoms with van der Waals surface area (Å²) in [6, 6.07) is -0.820. The summed E-state index contributed by atoms with van der Waals surface area (Å²) < 4.78 is 0. The van der Waals surface area contributed by atoms with Crippen LogP contribution >= 0.6 is 11.8 Å². The maximum atomic E-state index is 13.2. The minimum atomic E-state index is -1.14. The van der Waals surface area contributed by atoms with Crippen LogP contribution in [-0.2, 0) is 19.2 Å². The van der Waals surface area contributed by atoms with Gasteiger partial charge >= 0.3 is 5.97 Å². The van der Waals surface area contributed by atoms with Crippen molar-refractivity contribution in [3.8, 4) is 0 Å². The molecule has 204 valence electrons. The highest BCUT2D eigenvalue weighted by atomic mass is 32.2. The Morgan fingerprint density at radius 1 is 1.22 bits per heavy atom. The van der Waals surface area contributed by atoms with E-state index in [0.717, 1.165) is 25.8 Å². The lowest BCUT2D eigenvalue weighted by Crippen LogP contribution is -2.63. The van der Waals surface area contributed by atoms with Gasteiger partial charge in [0, 0.05) is 41.7 Å². The first-order chi connectivity index (χ1) is 17.6. The molecule has 8 atom stereocenters. The summed E-state index contributed by atoms with van der Waals surface area (Å²) in [5, 5.41) is 26.3. The summed E-state index contributed by atoms with van der Waals surface area (Å²) in [6.45, 7) is 6.07. The number of hydrogen-bond donors (Lipinski definition) is 4. The molecule has 0 radical (unpaired) electrons. The van der Waals surface area contributed by atoms with Gasteiger partial charge in [-0.05, 0) is 46.2 Å². The molecule has 11 nitrogen and oxygen atoms in total. The van der Waals surface area contributed by atoms with Gasteiger partial charge < -0.3 is 30.6 Å². The smallest absolute Gasteiger partial charge is 0.353 e. The lowest BCUT2D eigenvalue weighted by molar-refractivity contribution is -0.163. The molecule has 0 aromatic rings. The molecule has 37 heavy (non-hydrogen) atoms. The first kappa shape index (κ1) is 26.5. The van der Waals surface area contributed by atoms with Gasteiger partial charge in [-0.3, -0.25) is 19.3 Å². The van der Waals surface area contributed by atoms with Gasteiger partial charge in [0.2, 0.25) is 17.7 Å². The van der Waals surface area contributed by atoms with E-state index in [1.165, 1.54) is 16.7 Å². The Balaban J connectivity index is 1.16. The average molecular weight is 536 g/mol. The molecule has 4 N–H and O–H groups in total. The van der Waals surface area contributed by atoms with E-state index < -0.39 is 18.0 Å². The Morgan fingerprint density at radius 3 is 2.62 bits per heavy atom. The number of β-lactam (4-membered cyclic amide) rings is 1. The summed E-state index contributed by atoms with van der Waals surface area (Å²) in [7, 11) is 1.97. The van der Waals surface area contributed by atoms with Crippen LogP contribution in [-0.4, -0.2) is 117 Å². The van der Waals surface area contributed by atoms with Gasteiger partial charge in [-0.15, -0.1) is 11.8 Å². The van der Waals surface area contributed by atoms with E-state index in [0.29, 0.717) is 31.0 Å². The molecule has 4 fully saturated rings. The summed E-state index contributed by atoms with van der Waals surface area (Å²) in [5.74, 6) is -2.20. The molecular formula is C25H37N5O6S. The number of aliphatic hydroxyl groups is 1. The zero-order chi connectivity index (χ0) is 26.6. The second-order valence-corrected chi connectivity index (χ2v) is 12.5. The summed E-state index contributed by atoms with van der Waals surface area (Å²) >= 11 is 1.44. The minimum absolute atomic E-state index is 0.00411. The van der Waals surface area contributed by atoms with Crippen molar-refractivity contribution in [2.45, 2.75) is 75.1 Å². The van der Waals surface area contributed by atoms with Crippen molar-refractivity contribution in [3.05, 3.63) is 10.6 Å². The van der Waals surface area contributed by atoms with E-state index in [4.69, 9.17) is 0 Å². The van der Waals surface area contributed by atoms with Crippen LogP contribution < -0.4 is 10.6 Å². The topological polar surface area (TPSA) is 143 Å². The fourth-order valence-electron chi connectivity index (χ4n) is 6.68. The van der Waals surface area contributed by atoms with Crippen molar-refractivity contribution in [3.63, 3.8) is 0 Å². The van der Waals surface area contributed by atoms with Crippen LogP contribution in [0.1, 0.15) is 39.5 Å². The largest absolute Gasteiger partial charge is 0.477 e. The number of aliphatic hydroxyl groups excluding tert-OH is 1. The molecule has 3 amide bonds. The molecule has 0 saturated carbocycles. The number of hydrogen-bond acceptors (Lipinski definition) is 8. The monoisotopic (exact) mass is 535 g/mol. The van der Waals surface area contributed by atoms with Gasteiger partial charge in [-0.25, -0.2) is 4.79 Å². The lowest BCUT2D eigenvalue weighted by Gasteiger charge is -2.46. The highest BCUT2D eigenvalue weighted by Gasteiger charge is 2.60. The highest BCUT2D eigenvalue weighted by Crippen LogP contribution is 2.51. The van der Waals surface area contributed by atoms with E-state index in [1.807, 2.05) is 18.9 Å². The van der Waals surface area contributed by atoms with Crippen LogP contribution in [0.4, 0.5) is 0 Å². The maximum Gasteiger partial charge on any atom is 0.353 e. The van der Waals surface area contributed by atoms with Crippen molar-refractivity contribution >= 4 is 35.5 Å². The number of likely N-dealkylation sites (N-methyl/N-ethyl adjacent to an activating group) is 1. The molecule has 5 aliphatic rings. The molecule has 5 aliphatic heterocycles. The lowest BCUT2D eigenvalue weighted by atomic mass is 9.79. The van der Waals surface area contributed by atoms with E-state index in [-0.39, 0.29) is 58.8 Å². The summed E-state index contributed by atoms with van der Waals surface area (Å²) in [5.41, 5.74) is 0.0187. The van der Waals surface area contributed by atoms with Crippen LogP contribution in [0.3, 0.4) is 0 Å². The number of nitrogens with zero attached hydrogens (tertiary/aromatic N) is 3. The number of aliphatic carboxylic acids is 1. The van der Waals surface area contributed by atoms with Gasteiger partial charge in [-0.2, -0.15) is 0 Å². The van der Waals surface area contributed by atoms with Crippen LogP contribution in [0, 0.1) is 11.8 Å². The van der Waals surface area contributed by atoms with Crippen LogP contribution in [0.2, 0.25) is 0 Å². The Bertz CT molecular complexity index is 1020. The number of nitrogens with one attached hydrogen (secondary N) is 2. The predicted octanol–water partition coefficient (Wildman–Crippen LogP) is -0.585. The number of likely N-dealkylation sites (tertiary alicyclic amines) is 2. The fraction of sp³-hybridized carbons (Fsp3) is 0.760. The number of carbonyl (C=O) groups excluding carboxylic acids is 3. The summed E-state index contributed by atoms with van der Waals surface area (Å²) in [6.07, 6.45) is 2.36. The molecule has 0 unspecified atom stereocenters. The van der Waals surface area contributed by atoms with Gasteiger partial charge in [-0.1, -0.05) is 6.92 Å². The predicted molar refractivity (Wildman–Crippen MR) is 136 cm³/mol. The van der Waals surface area contributed by atoms with Crippen LogP contribution in [0.25, 0.3) is 0 Å². The molecule has 0 spiro atoms. The van der Waals surface area contributed by atoms with Crippen molar-refractivity contribution in [1.29, 1.82) is 0 Å². The number of carboxylic acid groups (broad SMARTS) is 1. The van der Waals surface area contributed by atoms with Crippen molar-refractivity contribution in [2.75, 3.05) is 33.2 Å². The average Bonchev–Trinajstić information content (AvgIpc) is 3.61. The highest BCUT2D eigenvalue weighted by molar-refractivity contribution is 8.03. The molecule has 0 aromatic heterocycles. The van der Waals surface area contributed by atoms with Crippen molar-refractivity contribution < 1.29 is 29.4 Å². The molecular weight excluding hydrogens is 498 g/mol. The van der Waals surface area contributed by atoms with Gasteiger partial charge in [0.1, 0.15) is 5.70 Å². The molecule has 0 aliphatic carbocycles. The zero-order valence-corrected chi connectivity index (χ0v) is 22.4. The van der Waals surface area contributed by atoms with E-state index in [1.54, 1.807) is 6.92 Å². The second-order valence-electron chi connectivity index (χ2n) is 11.1. The number of thioether (sulfide) groups is 1. The van der Waals surface area contributed by atoms with E-state index in [2.05, 4.69) is 15.5 Å². The Labute approximate surface area is 221 Å². The van der Waals surface area contributed by atoms with E-state index in [9.17, 15) is 29.4 Å². The Morgan fingerprint density at radius 2 is 1.97 bits per heavy atom. The molecule has 4 saturated heterocycles. The number of carboxylic acids is 1. The first-order valence-electron chi connectivity index (χ1n) is 13.3. The minimum Gasteiger partial charge on any atom is -0.477 e. The molecule has 5 rings (SSSR count). The van der Waals surface area contributed by atoms with Gasteiger partial charge in [0.25, 0.3) is 0 Å².